The number of benzene rings is 2. The van der Waals surface area contributed by atoms with Gasteiger partial charge in [0.2, 0.25) is 0 Å². The molecule has 2 aromatic rings. The number of hydrogen-bond acceptors (Lipinski definition) is 3. The third-order valence-electron chi connectivity index (χ3n) is 4.65. The molecule has 1 saturated heterocycles. The molecule has 26 heavy (non-hydrogen) atoms. The maximum Gasteiger partial charge on any atom is 0.317 e. The predicted octanol–water partition coefficient (Wildman–Crippen LogP) is 3.56. The molecule has 0 saturated carbocycles. The lowest BCUT2D eigenvalue weighted by atomic mass is 10.1. The Balaban J connectivity index is 1.50. The summed E-state index contributed by atoms with van der Waals surface area (Å²) >= 11 is 6.27. The number of carbonyl (C=O) groups is 1. The van der Waals surface area contributed by atoms with Crippen LogP contribution >= 0.6 is 11.6 Å². The monoisotopic (exact) mass is 373 g/mol. The van der Waals surface area contributed by atoms with Crippen molar-refractivity contribution >= 4 is 23.3 Å². The number of piperazine rings is 1. The molecule has 1 unspecified atom stereocenters. The fraction of sp³-hybridized carbons (Fsp3) is 0.350. The molecule has 0 radical (unpaired) electrons. The minimum absolute atomic E-state index is 0.0539. The van der Waals surface area contributed by atoms with Gasteiger partial charge >= 0.3 is 6.03 Å². The van der Waals surface area contributed by atoms with Crippen LogP contribution in [-0.2, 0) is 4.74 Å². The van der Waals surface area contributed by atoms with Crippen molar-refractivity contribution in [3.8, 4) is 0 Å². The molecule has 1 atom stereocenters. The van der Waals surface area contributed by atoms with Gasteiger partial charge in [-0.25, -0.2) is 4.79 Å². The lowest BCUT2D eigenvalue weighted by molar-refractivity contribution is 0.101. The van der Waals surface area contributed by atoms with Crippen LogP contribution in [0.5, 0.6) is 0 Å². The van der Waals surface area contributed by atoms with Crippen LogP contribution in [0.15, 0.2) is 54.6 Å². The molecule has 5 nitrogen and oxygen atoms in total. The Bertz CT molecular complexity index is 718. The van der Waals surface area contributed by atoms with E-state index in [-0.39, 0.29) is 12.1 Å². The first-order valence-electron chi connectivity index (χ1n) is 8.79. The van der Waals surface area contributed by atoms with Crippen LogP contribution in [-0.4, -0.2) is 50.8 Å². The van der Waals surface area contributed by atoms with Crippen molar-refractivity contribution in [3.05, 3.63) is 65.2 Å². The summed E-state index contributed by atoms with van der Waals surface area (Å²) < 4.78 is 5.51. The molecule has 2 aromatic carbocycles. The van der Waals surface area contributed by atoms with Crippen molar-refractivity contribution in [2.45, 2.75) is 6.10 Å². The van der Waals surface area contributed by atoms with E-state index in [9.17, 15) is 4.79 Å². The normalized spacial score (nSPS) is 15.6. The molecule has 1 N–H and O–H groups in total. The Morgan fingerprint density at radius 3 is 2.38 bits per heavy atom. The van der Waals surface area contributed by atoms with Gasteiger partial charge in [-0.15, -0.1) is 0 Å². The Labute approximate surface area is 159 Å². The predicted molar refractivity (Wildman–Crippen MR) is 105 cm³/mol. The zero-order chi connectivity index (χ0) is 18.4. The van der Waals surface area contributed by atoms with Crippen LogP contribution in [0.1, 0.15) is 11.7 Å². The van der Waals surface area contributed by atoms with E-state index in [1.54, 1.807) is 7.11 Å². The van der Waals surface area contributed by atoms with Crippen LogP contribution in [0, 0.1) is 0 Å². The van der Waals surface area contributed by atoms with Crippen molar-refractivity contribution in [2.75, 3.05) is 44.7 Å². The molecule has 3 rings (SSSR count). The molecule has 0 aliphatic carbocycles. The van der Waals surface area contributed by atoms with Crippen molar-refractivity contribution in [1.82, 2.24) is 10.2 Å². The maximum atomic E-state index is 12.5. The van der Waals surface area contributed by atoms with Crippen LogP contribution in [0.4, 0.5) is 10.5 Å². The fourth-order valence-electron chi connectivity index (χ4n) is 3.16. The molecule has 1 fully saturated rings. The van der Waals surface area contributed by atoms with E-state index in [1.165, 1.54) is 0 Å². The third-order valence-corrected chi connectivity index (χ3v) is 4.97. The average molecular weight is 374 g/mol. The average Bonchev–Trinajstić information content (AvgIpc) is 2.70. The zero-order valence-corrected chi connectivity index (χ0v) is 15.7. The Morgan fingerprint density at radius 1 is 1.08 bits per heavy atom. The summed E-state index contributed by atoms with van der Waals surface area (Å²) in [6.07, 6.45) is -0.149. The van der Waals surface area contributed by atoms with Gasteiger partial charge in [-0.05, 0) is 17.7 Å². The standard InChI is InChI=1S/C20H24ClN3O2/c1-26-19(16-7-3-2-4-8-16)15-22-20(25)24-13-11-23(12-14-24)18-10-6-5-9-17(18)21/h2-10,19H,11-15H2,1H3,(H,22,25). The van der Waals surface area contributed by atoms with Crippen molar-refractivity contribution < 1.29 is 9.53 Å². The van der Waals surface area contributed by atoms with Crippen LogP contribution in [0.2, 0.25) is 5.02 Å². The SMILES string of the molecule is COC(CNC(=O)N1CCN(c2ccccc2Cl)CC1)c1ccccc1. The molecule has 0 aromatic heterocycles. The molecule has 1 aliphatic heterocycles. The van der Waals surface area contributed by atoms with E-state index < -0.39 is 0 Å². The van der Waals surface area contributed by atoms with E-state index in [1.807, 2.05) is 59.5 Å². The van der Waals surface area contributed by atoms with E-state index in [0.717, 1.165) is 29.4 Å². The van der Waals surface area contributed by atoms with Gasteiger partial charge in [0.15, 0.2) is 0 Å². The number of methoxy groups -OCH3 is 1. The van der Waals surface area contributed by atoms with Crippen LogP contribution in [0.3, 0.4) is 0 Å². The number of halogens is 1. The summed E-state index contributed by atoms with van der Waals surface area (Å²) in [5.74, 6) is 0. The van der Waals surface area contributed by atoms with Crippen LogP contribution in [0.25, 0.3) is 0 Å². The second kappa shape index (κ2) is 8.92. The number of ether oxygens (including phenoxy) is 1. The molecule has 1 heterocycles. The quantitative estimate of drug-likeness (QED) is 0.871. The van der Waals surface area contributed by atoms with Crippen LogP contribution < -0.4 is 10.2 Å². The second-order valence-corrected chi connectivity index (χ2v) is 6.65. The Hall–Kier alpha value is -2.24. The van der Waals surface area contributed by atoms with Gasteiger partial charge in [-0.1, -0.05) is 54.1 Å². The third kappa shape index (κ3) is 4.48. The first-order chi connectivity index (χ1) is 12.7. The Kier molecular flexibility index (Phi) is 6.36. The number of amides is 2. The first kappa shape index (κ1) is 18.5. The molecule has 0 bridgehead atoms. The van der Waals surface area contributed by atoms with E-state index in [2.05, 4.69) is 10.2 Å². The zero-order valence-electron chi connectivity index (χ0n) is 14.9. The topological polar surface area (TPSA) is 44.8 Å². The molecular formula is C20H24ClN3O2. The highest BCUT2D eigenvalue weighted by Gasteiger charge is 2.23. The van der Waals surface area contributed by atoms with E-state index in [4.69, 9.17) is 16.3 Å². The summed E-state index contributed by atoms with van der Waals surface area (Å²) in [6.45, 7) is 3.32. The number of para-hydroxylation sites is 1. The number of urea groups is 1. The molecular weight excluding hydrogens is 350 g/mol. The summed E-state index contributed by atoms with van der Waals surface area (Å²) in [4.78, 5) is 16.5. The highest BCUT2D eigenvalue weighted by atomic mass is 35.5. The maximum absolute atomic E-state index is 12.5. The largest absolute Gasteiger partial charge is 0.375 e. The van der Waals surface area contributed by atoms with Crippen molar-refractivity contribution in [2.24, 2.45) is 0 Å². The van der Waals surface area contributed by atoms with Crippen molar-refractivity contribution in [3.63, 3.8) is 0 Å². The molecule has 1 aliphatic rings. The summed E-state index contributed by atoms with van der Waals surface area (Å²) in [5.41, 5.74) is 2.08. The molecule has 2 amide bonds. The van der Waals surface area contributed by atoms with E-state index >= 15 is 0 Å². The number of carbonyl (C=O) groups excluding carboxylic acids is 1. The summed E-state index contributed by atoms with van der Waals surface area (Å²) in [6, 6.07) is 17.7. The van der Waals surface area contributed by atoms with Gasteiger partial charge in [0, 0.05) is 39.8 Å². The highest BCUT2D eigenvalue weighted by molar-refractivity contribution is 6.33. The van der Waals surface area contributed by atoms with Crippen molar-refractivity contribution in [1.29, 1.82) is 0 Å². The summed E-state index contributed by atoms with van der Waals surface area (Å²) in [7, 11) is 1.66. The number of hydrogen-bond donors (Lipinski definition) is 1. The van der Waals surface area contributed by atoms with Gasteiger partial charge in [-0.3, -0.25) is 0 Å². The lowest BCUT2D eigenvalue weighted by Gasteiger charge is -2.36. The lowest BCUT2D eigenvalue weighted by Crippen LogP contribution is -2.52. The van der Waals surface area contributed by atoms with Gasteiger partial charge in [-0.2, -0.15) is 0 Å². The number of anilines is 1. The van der Waals surface area contributed by atoms with Gasteiger partial charge in [0.25, 0.3) is 0 Å². The highest BCUT2D eigenvalue weighted by Crippen LogP contribution is 2.26. The summed E-state index contributed by atoms with van der Waals surface area (Å²) in [5, 5.41) is 3.73. The number of nitrogens with one attached hydrogen (secondary N) is 1. The van der Waals surface area contributed by atoms with E-state index in [0.29, 0.717) is 19.6 Å². The van der Waals surface area contributed by atoms with Gasteiger partial charge in [0.1, 0.15) is 0 Å². The second-order valence-electron chi connectivity index (χ2n) is 6.25. The first-order valence-corrected chi connectivity index (χ1v) is 9.17. The fourth-order valence-corrected chi connectivity index (χ4v) is 3.41. The number of rotatable bonds is 5. The Morgan fingerprint density at radius 2 is 1.73 bits per heavy atom. The minimum atomic E-state index is -0.149. The minimum Gasteiger partial charge on any atom is -0.375 e. The van der Waals surface area contributed by atoms with Gasteiger partial charge < -0.3 is 19.9 Å². The van der Waals surface area contributed by atoms with Gasteiger partial charge in [0.05, 0.1) is 16.8 Å². The molecule has 0 spiro atoms. The molecule has 6 heteroatoms. The molecule has 138 valence electrons. The smallest absolute Gasteiger partial charge is 0.317 e. The number of nitrogens with zero attached hydrogens (tertiary/aromatic N) is 2.